The van der Waals surface area contributed by atoms with E-state index in [2.05, 4.69) is 44.1 Å². The standard InChI is InChI=1S/C25H32N6O/c1-30(2)25-28-16-22(20-8-5-4-6-9-20)24(29-25)21-10-7-12-31(18-21)17-19-14-26-23(27-15-19)11-13-32-3/h4-6,8-9,14-16,21H,7,10-13,17-18H2,1-3H3/t21-/m1/s1. The predicted molar refractivity (Wildman–Crippen MR) is 127 cm³/mol. The fraction of sp³-hybridized carbons (Fsp3) is 0.440. The lowest BCUT2D eigenvalue weighted by Crippen LogP contribution is -2.34. The van der Waals surface area contributed by atoms with Crippen LogP contribution in [0.15, 0.2) is 48.9 Å². The van der Waals surface area contributed by atoms with E-state index in [-0.39, 0.29) is 0 Å². The highest BCUT2D eigenvalue weighted by Crippen LogP contribution is 2.34. The van der Waals surface area contributed by atoms with Gasteiger partial charge in [0.15, 0.2) is 0 Å². The van der Waals surface area contributed by atoms with E-state index in [4.69, 9.17) is 9.72 Å². The lowest BCUT2D eigenvalue weighted by Gasteiger charge is -2.33. The molecule has 0 unspecified atom stereocenters. The molecule has 7 nitrogen and oxygen atoms in total. The molecule has 0 N–H and O–H groups in total. The molecule has 0 bridgehead atoms. The van der Waals surface area contributed by atoms with E-state index in [1.165, 1.54) is 5.56 Å². The van der Waals surface area contributed by atoms with E-state index in [1.807, 2.05) is 43.7 Å². The van der Waals surface area contributed by atoms with Crippen LogP contribution in [0.5, 0.6) is 0 Å². The Bertz CT molecular complexity index is 993. The van der Waals surface area contributed by atoms with Gasteiger partial charge in [-0.25, -0.2) is 19.9 Å². The minimum absolute atomic E-state index is 0.363. The molecule has 1 atom stereocenters. The van der Waals surface area contributed by atoms with Gasteiger partial charge in [-0.1, -0.05) is 30.3 Å². The molecule has 0 radical (unpaired) electrons. The fourth-order valence-corrected chi connectivity index (χ4v) is 4.22. The third kappa shape index (κ3) is 5.47. The van der Waals surface area contributed by atoms with E-state index >= 15 is 0 Å². The van der Waals surface area contributed by atoms with Crippen LogP contribution in [0.25, 0.3) is 11.1 Å². The molecular weight excluding hydrogens is 400 g/mol. The van der Waals surface area contributed by atoms with Crippen molar-refractivity contribution in [2.75, 3.05) is 45.8 Å². The molecule has 0 spiro atoms. The van der Waals surface area contributed by atoms with Gasteiger partial charge in [0.1, 0.15) is 5.82 Å². The van der Waals surface area contributed by atoms with Gasteiger partial charge >= 0.3 is 0 Å². The van der Waals surface area contributed by atoms with Crippen LogP contribution in [0.1, 0.15) is 35.8 Å². The van der Waals surface area contributed by atoms with Gasteiger partial charge in [-0.3, -0.25) is 4.90 Å². The van der Waals surface area contributed by atoms with Crippen molar-refractivity contribution in [1.29, 1.82) is 0 Å². The Morgan fingerprint density at radius 2 is 1.84 bits per heavy atom. The molecular formula is C25H32N6O. The highest BCUT2D eigenvalue weighted by molar-refractivity contribution is 5.66. The third-order valence-electron chi connectivity index (χ3n) is 5.88. The Morgan fingerprint density at radius 1 is 1.06 bits per heavy atom. The van der Waals surface area contributed by atoms with Crippen molar-refractivity contribution in [3.8, 4) is 11.1 Å². The summed E-state index contributed by atoms with van der Waals surface area (Å²) in [5.41, 5.74) is 4.59. The molecule has 168 valence electrons. The van der Waals surface area contributed by atoms with E-state index in [1.54, 1.807) is 7.11 Å². The quantitative estimate of drug-likeness (QED) is 0.539. The summed E-state index contributed by atoms with van der Waals surface area (Å²) >= 11 is 0. The maximum Gasteiger partial charge on any atom is 0.225 e. The van der Waals surface area contributed by atoms with Crippen LogP contribution in [0.3, 0.4) is 0 Å². The maximum absolute atomic E-state index is 5.11. The summed E-state index contributed by atoms with van der Waals surface area (Å²) in [6.45, 7) is 3.54. The number of likely N-dealkylation sites (tertiary alicyclic amines) is 1. The average Bonchev–Trinajstić information content (AvgIpc) is 2.84. The molecule has 7 heteroatoms. The van der Waals surface area contributed by atoms with Crippen LogP contribution in [0, 0.1) is 0 Å². The molecule has 32 heavy (non-hydrogen) atoms. The van der Waals surface area contributed by atoms with Crippen LogP contribution in [-0.4, -0.2) is 65.7 Å². The average molecular weight is 433 g/mol. The monoisotopic (exact) mass is 432 g/mol. The van der Waals surface area contributed by atoms with Crippen molar-refractivity contribution in [3.05, 3.63) is 66.0 Å². The van der Waals surface area contributed by atoms with Gasteiger partial charge in [0.05, 0.1) is 12.3 Å². The predicted octanol–water partition coefficient (Wildman–Crippen LogP) is 3.57. The summed E-state index contributed by atoms with van der Waals surface area (Å²) in [5.74, 6) is 1.95. The lowest BCUT2D eigenvalue weighted by molar-refractivity contribution is 0.197. The first-order valence-corrected chi connectivity index (χ1v) is 11.2. The molecule has 1 saturated heterocycles. The molecule has 1 aliphatic heterocycles. The Morgan fingerprint density at radius 3 is 2.56 bits per heavy atom. The number of aromatic nitrogens is 4. The van der Waals surface area contributed by atoms with Gasteiger partial charge in [-0.15, -0.1) is 0 Å². The Labute approximate surface area is 190 Å². The number of nitrogens with zero attached hydrogens (tertiary/aromatic N) is 6. The topological polar surface area (TPSA) is 67.3 Å². The molecule has 1 aromatic carbocycles. The zero-order valence-corrected chi connectivity index (χ0v) is 19.2. The zero-order valence-electron chi connectivity index (χ0n) is 19.2. The van der Waals surface area contributed by atoms with Gasteiger partial charge in [0.25, 0.3) is 0 Å². The fourth-order valence-electron chi connectivity index (χ4n) is 4.22. The van der Waals surface area contributed by atoms with Crippen LogP contribution in [0.4, 0.5) is 5.95 Å². The van der Waals surface area contributed by atoms with Crippen LogP contribution >= 0.6 is 0 Å². The normalized spacial score (nSPS) is 16.8. The SMILES string of the molecule is COCCc1ncc(CN2CCC[C@@H](c3nc(N(C)C)ncc3-c3ccccc3)C2)cn1. The number of benzene rings is 1. The molecule has 3 heterocycles. The second kappa shape index (κ2) is 10.6. The van der Waals surface area contributed by atoms with Crippen LogP contribution in [-0.2, 0) is 17.7 Å². The van der Waals surface area contributed by atoms with E-state index in [9.17, 15) is 0 Å². The van der Waals surface area contributed by atoms with Crippen LogP contribution in [0.2, 0.25) is 0 Å². The summed E-state index contributed by atoms with van der Waals surface area (Å²) in [6.07, 6.45) is 8.91. The first kappa shape index (κ1) is 22.3. The van der Waals surface area contributed by atoms with Crippen molar-refractivity contribution < 1.29 is 4.74 Å². The van der Waals surface area contributed by atoms with Crippen molar-refractivity contribution in [2.45, 2.75) is 31.7 Å². The molecule has 1 aliphatic rings. The molecule has 4 rings (SSSR count). The summed E-state index contributed by atoms with van der Waals surface area (Å²) in [6, 6.07) is 10.5. The molecule has 1 fully saturated rings. The smallest absolute Gasteiger partial charge is 0.225 e. The summed E-state index contributed by atoms with van der Waals surface area (Å²) < 4.78 is 5.11. The second-order valence-electron chi connectivity index (χ2n) is 8.55. The number of hydrogen-bond donors (Lipinski definition) is 0. The van der Waals surface area contributed by atoms with Gasteiger partial charge in [-0.05, 0) is 24.9 Å². The zero-order chi connectivity index (χ0) is 22.3. The molecule has 2 aromatic heterocycles. The number of piperidine rings is 1. The number of rotatable bonds is 8. The second-order valence-corrected chi connectivity index (χ2v) is 8.55. The number of ether oxygens (including phenoxy) is 1. The van der Waals surface area contributed by atoms with Crippen molar-refractivity contribution in [1.82, 2.24) is 24.8 Å². The van der Waals surface area contributed by atoms with E-state index in [0.717, 1.165) is 67.5 Å². The highest BCUT2D eigenvalue weighted by Gasteiger charge is 2.26. The van der Waals surface area contributed by atoms with Gasteiger partial charge in [-0.2, -0.15) is 0 Å². The van der Waals surface area contributed by atoms with Crippen molar-refractivity contribution in [3.63, 3.8) is 0 Å². The van der Waals surface area contributed by atoms with E-state index in [0.29, 0.717) is 12.5 Å². The molecule has 0 aliphatic carbocycles. The van der Waals surface area contributed by atoms with E-state index < -0.39 is 0 Å². The Balaban J connectivity index is 1.53. The Hall–Kier alpha value is -2.90. The minimum atomic E-state index is 0.363. The first-order chi connectivity index (χ1) is 15.6. The van der Waals surface area contributed by atoms with Crippen molar-refractivity contribution in [2.24, 2.45) is 0 Å². The highest BCUT2D eigenvalue weighted by atomic mass is 16.5. The largest absolute Gasteiger partial charge is 0.384 e. The molecule has 0 saturated carbocycles. The number of methoxy groups -OCH3 is 1. The lowest BCUT2D eigenvalue weighted by atomic mass is 9.90. The number of anilines is 1. The number of hydrogen-bond acceptors (Lipinski definition) is 7. The Kier molecular flexibility index (Phi) is 7.39. The summed E-state index contributed by atoms with van der Waals surface area (Å²) in [4.78, 5) is 23.1. The van der Waals surface area contributed by atoms with Gasteiger partial charge in [0, 0.05) is 76.4 Å². The third-order valence-corrected chi connectivity index (χ3v) is 5.88. The molecule has 3 aromatic rings. The first-order valence-electron chi connectivity index (χ1n) is 11.2. The van der Waals surface area contributed by atoms with Crippen molar-refractivity contribution >= 4 is 5.95 Å². The minimum Gasteiger partial charge on any atom is -0.384 e. The molecule has 0 amide bonds. The van der Waals surface area contributed by atoms with Gasteiger partial charge < -0.3 is 9.64 Å². The van der Waals surface area contributed by atoms with Gasteiger partial charge in [0.2, 0.25) is 5.95 Å². The summed E-state index contributed by atoms with van der Waals surface area (Å²) in [5, 5.41) is 0. The summed E-state index contributed by atoms with van der Waals surface area (Å²) in [7, 11) is 5.68. The van der Waals surface area contributed by atoms with Crippen LogP contribution < -0.4 is 4.90 Å². The maximum atomic E-state index is 5.11.